The van der Waals surface area contributed by atoms with Crippen molar-refractivity contribution in [1.82, 2.24) is 14.8 Å². The third-order valence-electron chi connectivity index (χ3n) is 4.49. The van der Waals surface area contributed by atoms with Gasteiger partial charge in [0.2, 0.25) is 15.0 Å². The molecule has 0 N–H and O–H groups in total. The van der Waals surface area contributed by atoms with E-state index in [9.17, 15) is 8.42 Å². The third-order valence-corrected chi connectivity index (χ3v) is 5.47. The number of nitrogens with zero attached hydrogens (tertiary/aromatic N) is 3. The van der Waals surface area contributed by atoms with E-state index in [4.69, 9.17) is 4.74 Å². The topological polar surface area (TPSA) is 74.1 Å². The predicted molar refractivity (Wildman–Crippen MR) is 73.0 cm³/mol. The number of aromatic nitrogens is 3. The zero-order valence-corrected chi connectivity index (χ0v) is 12.6. The summed E-state index contributed by atoms with van der Waals surface area (Å²) in [5.41, 5.74) is 0.328. The van der Waals surface area contributed by atoms with Crippen LogP contribution in [0.1, 0.15) is 38.5 Å². The van der Waals surface area contributed by atoms with Crippen LogP contribution < -0.4 is 0 Å². The molecule has 1 aliphatic heterocycles. The fourth-order valence-corrected chi connectivity index (χ4v) is 4.26. The molecule has 0 aromatic carbocycles. The molecule has 1 atom stereocenters. The van der Waals surface area contributed by atoms with E-state index in [-0.39, 0.29) is 11.3 Å². The molecule has 112 valence electrons. The molecule has 1 aromatic rings. The van der Waals surface area contributed by atoms with Crippen LogP contribution in [0, 0.1) is 5.41 Å². The molecule has 2 fully saturated rings. The van der Waals surface area contributed by atoms with Crippen LogP contribution in [0.2, 0.25) is 0 Å². The normalized spacial score (nSPS) is 26.1. The van der Waals surface area contributed by atoms with Crippen molar-refractivity contribution in [1.29, 1.82) is 0 Å². The van der Waals surface area contributed by atoms with E-state index in [2.05, 4.69) is 10.1 Å². The first-order valence-corrected chi connectivity index (χ1v) is 9.07. The zero-order valence-electron chi connectivity index (χ0n) is 11.8. The van der Waals surface area contributed by atoms with Gasteiger partial charge in [0.25, 0.3) is 0 Å². The average molecular weight is 299 g/mol. The summed E-state index contributed by atoms with van der Waals surface area (Å²) in [6.45, 7) is 1.28. The monoisotopic (exact) mass is 299 g/mol. The van der Waals surface area contributed by atoms with Gasteiger partial charge in [0, 0.05) is 6.26 Å². The van der Waals surface area contributed by atoms with Crippen LogP contribution in [0.4, 0.5) is 0 Å². The molecule has 2 heterocycles. The van der Waals surface area contributed by atoms with Gasteiger partial charge in [0.1, 0.15) is 6.33 Å². The minimum absolute atomic E-state index is 0.0331. The smallest absolute Gasteiger partial charge is 0.245 e. The van der Waals surface area contributed by atoms with Crippen LogP contribution >= 0.6 is 0 Å². The Labute approximate surface area is 119 Å². The van der Waals surface area contributed by atoms with Gasteiger partial charge in [-0.3, -0.25) is 0 Å². The highest BCUT2D eigenvalue weighted by molar-refractivity contribution is 7.90. The molecule has 1 spiro atoms. The van der Waals surface area contributed by atoms with Gasteiger partial charge in [-0.1, -0.05) is 19.3 Å². The van der Waals surface area contributed by atoms with Gasteiger partial charge >= 0.3 is 0 Å². The molecule has 7 heteroatoms. The van der Waals surface area contributed by atoms with Crippen LogP contribution in [-0.4, -0.2) is 42.1 Å². The summed E-state index contributed by atoms with van der Waals surface area (Å²) in [6, 6.07) is 0. The van der Waals surface area contributed by atoms with E-state index in [1.807, 2.05) is 0 Å². The number of rotatable bonds is 3. The van der Waals surface area contributed by atoms with E-state index in [1.54, 1.807) is 0 Å². The maximum absolute atomic E-state index is 11.6. The molecule has 2 aliphatic rings. The Morgan fingerprint density at radius 1 is 1.40 bits per heavy atom. The molecule has 1 aliphatic carbocycles. The quantitative estimate of drug-likeness (QED) is 0.844. The molecule has 20 heavy (non-hydrogen) atoms. The summed E-state index contributed by atoms with van der Waals surface area (Å²) in [7, 11) is -3.33. The number of ether oxygens (including phenoxy) is 1. The maximum atomic E-state index is 11.6. The van der Waals surface area contributed by atoms with Gasteiger partial charge in [-0.05, 0) is 24.7 Å². The third kappa shape index (κ3) is 2.74. The molecular weight excluding hydrogens is 278 g/mol. The van der Waals surface area contributed by atoms with Gasteiger partial charge < -0.3 is 4.74 Å². The first-order chi connectivity index (χ1) is 9.49. The molecule has 3 rings (SSSR count). The molecular formula is C13H21N3O3S. The van der Waals surface area contributed by atoms with Gasteiger partial charge in [-0.25, -0.2) is 18.1 Å². The van der Waals surface area contributed by atoms with Crippen LogP contribution in [0.3, 0.4) is 0 Å². The fraction of sp³-hybridized carbons (Fsp3) is 0.846. The minimum atomic E-state index is -3.33. The van der Waals surface area contributed by atoms with Crippen LogP contribution in [0.5, 0.6) is 0 Å². The number of hydrogen-bond donors (Lipinski definition) is 0. The summed E-state index contributed by atoms with van der Waals surface area (Å²) in [5.74, 6) is 0. The largest absolute Gasteiger partial charge is 0.376 e. The Bertz CT molecular complexity index is 575. The molecule has 0 bridgehead atoms. The lowest BCUT2D eigenvalue weighted by molar-refractivity contribution is 0.0722. The van der Waals surface area contributed by atoms with Crippen molar-refractivity contribution in [3.05, 3.63) is 6.33 Å². The fourth-order valence-electron chi connectivity index (χ4n) is 3.52. The van der Waals surface area contributed by atoms with Gasteiger partial charge in [0.05, 0.1) is 19.3 Å². The van der Waals surface area contributed by atoms with E-state index < -0.39 is 9.84 Å². The first kappa shape index (κ1) is 14.0. The van der Waals surface area contributed by atoms with Crippen LogP contribution in [0.15, 0.2) is 11.5 Å². The maximum Gasteiger partial charge on any atom is 0.245 e. The Balaban J connectivity index is 1.69. The Morgan fingerprint density at radius 3 is 2.85 bits per heavy atom. The van der Waals surface area contributed by atoms with Gasteiger partial charge in [-0.15, -0.1) is 0 Å². The van der Waals surface area contributed by atoms with Crippen LogP contribution in [0.25, 0.3) is 0 Å². The summed E-state index contributed by atoms with van der Waals surface area (Å²) < 4.78 is 30.6. The van der Waals surface area contributed by atoms with Crippen LogP contribution in [-0.2, 0) is 21.1 Å². The lowest BCUT2D eigenvalue weighted by Gasteiger charge is -2.31. The molecule has 0 radical (unpaired) electrons. The summed E-state index contributed by atoms with van der Waals surface area (Å²) >= 11 is 0. The van der Waals surface area contributed by atoms with E-state index in [0.29, 0.717) is 12.0 Å². The highest BCUT2D eigenvalue weighted by Crippen LogP contribution is 2.45. The lowest BCUT2D eigenvalue weighted by atomic mass is 9.73. The van der Waals surface area contributed by atoms with E-state index in [0.717, 1.165) is 19.3 Å². The molecule has 6 nitrogen and oxygen atoms in total. The second-order valence-corrected chi connectivity index (χ2v) is 8.10. The molecule has 1 saturated carbocycles. The SMILES string of the molecule is CS(=O)(=O)c1ncnn1CC1CC2(CCCCC2)CO1. The highest BCUT2D eigenvalue weighted by Gasteiger charge is 2.41. The minimum Gasteiger partial charge on any atom is -0.376 e. The Morgan fingerprint density at radius 2 is 2.15 bits per heavy atom. The van der Waals surface area contributed by atoms with Crippen molar-refractivity contribution in [2.45, 2.75) is 56.3 Å². The Kier molecular flexibility index (Phi) is 3.58. The van der Waals surface area contributed by atoms with Crippen molar-refractivity contribution >= 4 is 9.84 Å². The van der Waals surface area contributed by atoms with Crippen molar-refractivity contribution in [3.63, 3.8) is 0 Å². The molecule has 1 saturated heterocycles. The second-order valence-electron chi connectivity index (χ2n) is 6.19. The molecule has 0 amide bonds. The van der Waals surface area contributed by atoms with Gasteiger partial charge in [0.15, 0.2) is 0 Å². The van der Waals surface area contributed by atoms with Crippen molar-refractivity contribution in [2.75, 3.05) is 12.9 Å². The standard InChI is InChI=1S/C13H21N3O3S/c1-20(17,18)12-14-10-15-16(12)8-11-7-13(9-19-11)5-3-2-4-6-13/h10-11H,2-9H2,1H3. The summed E-state index contributed by atoms with van der Waals surface area (Å²) in [5, 5.41) is 4.06. The zero-order chi connectivity index (χ0) is 14.2. The number of sulfone groups is 1. The average Bonchev–Trinajstić information content (AvgIpc) is 2.98. The van der Waals surface area contributed by atoms with Crippen molar-refractivity contribution in [2.24, 2.45) is 5.41 Å². The molecule has 1 unspecified atom stereocenters. The predicted octanol–water partition coefficient (Wildman–Crippen LogP) is 1.42. The number of hydrogen-bond acceptors (Lipinski definition) is 5. The summed E-state index contributed by atoms with van der Waals surface area (Å²) in [4.78, 5) is 3.84. The Hall–Kier alpha value is -0.950. The molecule has 1 aromatic heterocycles. The lowest BCUT2D eigenvalue weighted by Crippen LogP contribution is -2.25. The van der Waals surface area contributed by atoms with Crippen molar-refractivity contribution < 1.29 is 13.2 Å². The van der Waals surface area contributed by atoms with E-state index >= 15 is 0 Å². The second kappa shape index (κ2) is 5.11. The summed E-state index contributed by atoms with van der Waals surface area (Å²) in [6.07, 6.45) is 9.88. The van der Waals surface area contributed by atoms with Crippen molar-refractivity contribution in [3.8, 4) is 0 Å². The highest BCUT2D eigenvalue weighted by atomic mass is 32.2. The first-order valence-electron chi connectivity index (χ1n) is 7.18. The van der Waals surface area contributed by atoms with E-state index in [1.165, 1.54) is 43.1 Å². The van der Waals surface area contributed by atoms with Gasteiger partial charge in [-0.2, -0.15) is 5.10 Å².